The van der Waals surface area contributed by atoms with Crippen LogP contribution in [0.3, 0.4) is 0 Å². The van der Waals surface area contributed by atoms with Crippen molar-refractivity contribution in [3.05, 3.63) is 59.2 Å². The highest BCUT2D eigenvalue weighted by Crippen LogP contribution is 2.37. The number of carboxylic acids is 1. The summed E-state index contributed by atoms with van der Waals surface area (Å²) >= 11 is 1.11. The Morgan fingerprint density at radius 1 is 0.906 bits per heavy atom. The molecule has 0 bridgehead atoms. The molecule has 0 aromatic heterocycles. The Morgan fingerprint density at radius 3 is 2.09 bits per heavy atom. The maximum atomic E-state index is 12.9. The van der Waals surface area contributed by atoms with Gasteiger partial charge >= 0.3 is 5.97 Å². The third-order valence-corrected chi connectivity index (χ3v) is 6.81. The minimum absolute atomic E-state index is 0.0660. The van der Waals surface area contributed by atoms with Crippen LogP contribution < -0.4 is 4.74 Å². The first-order valence-electron chi connectivity index (χ1n) is 11.5. The molecule has 5 heteroatoms. The van der Waals surface area contributed by atoms with Crippen molar-refractivity contribution in [1.82, 2.24) is 0 Å². The first kappa shape index (κ1) is 26.0. The third kappa shape index (κ3) is 7.70. The van der Waals surface area contributed by atoms with Crippen molar-refractivity contribution in [2.24, 2.45) is 0 Å². The predicted molar refractivity (Wildman–Crippen MR) is 132 cm³/mol. The van der Waals surface area contributed by atoms with Gasteiger partial charge in [-0.1, -0.05) is 65.7 Å². The zero-order chi connectivity index (χ0) is 23.6. The molecule has 1 N–H and O–H groups in total. The van der Waals surface area contributed by atoms with Gasteiger partial charge in [0.1, 0.15) is 5.75 Å². The number of rotatable bonds is 13. The van der Waals surface area contributed by atoms with Crippen LogP contribution in [0.25, 0.3) is 0 Å². The lowest BCUT2D eigenvalue weighted by atomic mass is 9.79. The number of unbranched alkanes of at least 4 members (excludes halogenated alkanes) is 6. The number of carbonyl (C=O) groups is 2. The molecule has 0 atom stereocenters. The van der Waals surface area contributed by atoms with Crippen molar-refractivity contribution in [3.8, 4) is 5.75 Å². The average molecular weight is 457 g/mol. The first-order valence-corrected chi connectivity index (χ1v) is 12.3. The predicted octanol–water partition coefficient (Wildman–Crippen LogP) is 7.74. The second kappa shape index (κ2) is 12.7. The molecule has 0 unspecified atom stereocenters. The molecule has 0 heterocycles. The Balaban J connectivity index is 2.06. The van der Waals surface area contributed by atoms with Crippen LogP contribution in [0, 0.1) is 0 Å². The topological polar surface area (TPSA) is 63.6 Å². The fraction of sp³-hybridized carbons (Fsp3) is 0.481. The third-order valence-electron chi connectivity index (χ3n) is 5.88. The highest BCUT2D eigenvalue weighted by atomic mass is 32.2. The molecule has 2 aromatic carbocycles. The van der Waals surface area contributed by atoms with Gasteiger partial charge in [-0.25, -0.2) is 4.79 Å². The lowest BCUT2D eigenvalue weighted by molar-refractivity contribution is 0.0696. The van der Waals surface area contributed by atoms with E-state index in [0.717, 1.165) is 40.8 Å². The SMILES string of the molecule is CCCCCCCCCC(C)(C)c1cc(C(=O)Sc2ccc(C(=O)O)cc2)ccc1OC. The largest absolute Gasteiger partial charge is 0.496 e. The van der Waals surface area contributed by atoms with Crippen molar-refractivity contribution < 1.29 is 19.4 Å². The molecule has 32 heavy (non-hydrogen) atoms. The Hall–Kier alpha value is -2.27. The van der Waals surface area contributed by atoms with E-state index in [4.69, 9.17) is 9.84 Å². The van der Waals surface area contributed by atoms with Gasteiger partial charge in [0.2, 0.25) is 5.12 Å². The summed E-state index contributed by atoms with van der Waals surface area (Å²) in [5.74, 6) is -0.166. The lowest BCUT2D eigenvalue weighted by Crippen LogP contribution is -2.19. The minimum Gasteiger partial charge on any atom is -0.496 e. The highest BCUT2D eigenvalue weighted by Gasteiger charge is 2.25. The Kier molecular flexibility index (Phi) is 10.3. The van der Waals surface area contributed by atoms with Crippen LogP contribution in [0.1, 0.15) is 98.4 Å². The molecule has 0 radical (unpaired) electrons. The molecule has 0 fully saturated rings. The summed E-state index contributed by atoms with van der Waals surface area (Å²) in [5, 5.41) is 8.97. The van der Waals surface area contributed by atoms with Crippen LogP contribution in [0.2, 0.25) is 0 Å². The first-order chi connectivity index (χ1) is 15.3. The Morgan fingerprint density at radius 2 is 1.50 bits per heavy atom. The monoisotopic (exact) mass is 456 g/mol. The van der Waals surface area contributed by atoms with Gasteiger partial charge in [-0.05, 0) is 66.1 Å². The normalized spacial score (nSPS) is 11.4. The second-order valence-electron chi connectivity index (χ2n) is 8.89. The number of thioether (sulfide) groups is 1. The zero-order valence-electron chi connectivity index (χ0n) is 19.8. The quantitative estimate of drug-likeness (QED) is 0.247. The van der Waals surface area contributed by atoms with E-state index in [1.165, 1.54) is 50.7 Å². The molecule has 0 saturated carbocycles. The number of ether oxygens (including phenoxy) is 1. The highest BCUT2D eigenvalue weighted by molar-refractivity contribution is 8.14. The summed E-state index contributed by atoms with van der Waals surface area (Å²) in [6, 6.07) is 12.0. The van der Waals surface area contributed by atoms with Crippen molar-refractivity contribution in [2.75, 3.05) is 7.11 Å². The summed E-state index contributed by atoms with van der Waals surface area (Å²) in [4.78, 5) is 24.6. The number of hydrogen-bond acceptors (Lipinski definition) is 4. The van der Waals surface area contributed by atoms with E-state index in [0.29, 0.717) is 5.56 Å². The van der Waals surface area contributed by atoms with E-state index in [9.17, 15) is 9.59 Å². The van der Waals surface area contributed by atoms with Crippen LogP contribution in [-0.4, -0.2) is 23.3 Å². The van der Waals surface area contributed by atoms with Gasteiger partial charge in [-0.3, -0.25) is 4.79 Å². The second-order valence-corrected chi connectivity index (χ2v) is 9.94. The molecule has 0 aliphatic heterocycles. The van der Waals surface area contributed by atoms with Crippen molar-refractivity contribution >= 4 is 22.8 Å². The van der Waals surface area contributed by atoms with E-state index in [1.807, 2.05) is 12.1 Å². The van der Waals surface area contributed by atoms with Gasteiger partial charge in [0.25, 0.3) is 0 Å². The number of benzene rings is 2. The molecule has 0 aliphatic carbocycles. The molecule has 0 aliphatic rings. The summed E-state index contributed by atoms with van der Waals surface area (Å²) < 4.78 is 5.62. The van der Waals surface area contributed by atoms with Gasteiger partial charge in [0.05, 0.1) is 12.7 Å². The number of aromatic carboxylic acids is 1. The van der Waals surface area contributed by atoms with Gasteiger partial charge in [0.15, 0.2) is 0 Å². The molecule has 0 amide bonds. The number of carbonyl (C=O) groups excluding carboxylic acids is 1. The van der Waals surface area contributed by atoms with Gasteiger partial charge in [-0.2, -0.15) is 0 Å². The minimum atomic E-state index is -0.976. The molecule has 0 spiro atoms. The van der Waals surface area contributed by atoms with Gasteiger partial charge in [-0.15, -0.1) is 0 Å². The van der Waals surface area contributed by atoms with Gasteiger partial charge < -0.3 is 9.84 Å². The van der Waals surface area contributed by atoms with Crippen LogP contribution in [0.5, 0.6) is 5.75 Å². The Labute approximate surface area is 196 Å². The molecular formula is C27H36O4S. The van der Waals surface area contributed by atoms with Gasteiger partial charge in [0, 0.05) is 16.0 Å². The molecular weight excluding hydrogens is 420 g/mol. The smallest absolute Gasteiger partial charge is 0.335 e. The van der Waals surface area contributed by atoms with Crippen LogP contribution in [0.4, 0.5) is 0 Å². The lowest BCUT2D eigenvalue weighted by Gasteiger charge is -2.28. The molecule has 0 saturated heterocycles. The summed E-state index contributed by atoms with van der Waals surface area (Å²) in [6.45, 7) is 6.67. The van der Waals surface area contributed by atoms with E-state index in [2.05, 4.69) is 20.8 Å². The average Bonchev–Trinajstić information content (AvgIpc) is 2.78. The molecule has 2 rings (SSSR count). The summed E-state index contributed by atoms with van der Waals surface area (Å²) in [5.41, 5.74) is 1.79. The zero-order valence-corrected chi connectivity index (χ0v) is 20.6. The van der Waals surface area contributed by atoms with E-state index < -0.39 is 5.97 Å². The van der Waals surface area contributed by atoms with Crippen LogP contribution in [-0.2, 0) is 5.41 Å². The van der Waals surface area contributed by atoms with Crippen molar-refractivity contribution in [1.29, 1.82) is 0 Å². The fourth-order valence-corrected chi connectivity index (χ4v) is 4.59. The number of methoxy groups -OCH3 is 1. The van der Waals surface area contributed by atoms with E-state index in [-0.39, 0.29) is 16.1 Å². The Bertz CT molecular complexity index is 887. The van der Waals surface area contributed by atoms with Crippen molar-refractivity contribution in [2.45, 2.75) is 82.4 Å². The summed E-state index contributed by atoms with van der Waals surface area (Å²) in [7, 11) is 1.67. The summed E-state index contributed by atoms with van der Waals surface area (Å²) in [6.07, 6.45) is 9.95. The van der Waals surface area contributed by atoms with Crippen molar-refractivity contribution in [3.63, 3.8) is 0 Å². The maximum Gasteiger partial charge on any atom is 0.335 e. The standard InChI is InChI=1S/C27H36O4S/c1-5-6-7-8-9-10-11-18-27(2,3)23-19-21(14-17-24(23)31-4)26(30)32-22-15-12-20(13-16-22)25(28)29/h12-17,19H,5-11,18H2,1-4H3,(H,28,29). The number of hydrogen-bond donors (Lipinski definition) is 1. The van der Waals surface area contributed by atoms with Crippen LogP contribution >= 0.6 is 11.8 Å². The van der Waals surface area contributed by atoms with Crippen LogP contribution in [0.15, 0.2) is 47.4 Å². The molecule has 4 nitrogen and oxygen atoms in total. The fourth-order valence-electron chi connectivity index (χ4n) is 3.85. The number of carboxylic acid groups (broad SMARTS) is 1. The van der Waals surface area contributed by atoms with E-state index >= 15 is 0 Å². The maximum absolute atomic E-state index is 12.9. The van der Waals surface area contributed by atoms with E-state index in [1.54, 1.807) is 25.3 Å². The molecule has 174 valence electrons. The molecule has 2 aromatic rings.